The summed E-state index contributed by atoms with van der Waals surface area (Å²) in [4.78, 5) is 17.2. The SMILES string of the molecule is CCCn1nc(C)c2c(C(=O)OC)cc(-c3ccc4c(c3)OCO4)nc21. The molecule has 0 aliphatic carbocycles. The van der Waals surface area contributed by atoms with E-state index in [1.54, 1.807) is 6.07 Å². The standard InChI is InChI=1S/C19H19N3O4/c1-4-7-22-18-17(11(2)21-22)13(19(23)24-3)9-14(20-18)12-5-6-15-16(8-12)26-10-25-15/h5-6,8-9H,4,7,10H2,1-3H3. The lowest BCUT2D eigenvalue weighted by Crippen LogP contribution is -2.05. The fourth-order valence-electron chi connectivity index (χ4n) is 3.20. The fourth-order valence-corrected chi connectivity index (χ4v) is 3.20. The number of fused-ring (bicyclic) bond motifs is 2. The number of benzene rings is 1. The molecular formula is C19H19N3O4. The molecule has 0 N–H and O–H groups in total. The first-order valence-corrected chi connectivity index (χ1v) is 8.49. The number of esters is 1. The van der Waals surface area contributed by atoms with Gasteiger partial charge in [-0.05, 0) is 37.6 Å². The van der Waals surface area contributed by atoms with Gasteiger partial charge in [-0.1, -0.05) is 6.92 Å². The minimum Gasteiger partial charge on any atom is -0.465 e. The summed E-state index contributed by atoms with van der Waals surface area (Å²) in [6.07, 6.45) is 0.916. The summed E-state index contributed by atoms with van der Waals surface area (Å²) >= 11 is 0. The van der Waals surface area contributed by atoms with Crippen molar-refractivity contribution in [2.75, 3.05) is 13.9 Å². The molecule has 7 heteroatoms. The van der Waals surface area contributed by atoms with Gasteiger partial charge in [0.05, 0.1) is 29.4 Å². The zero-order valence-electron chi connectivity index (χ0n) is 14.9. The lowest BCUT2D eigenvalue weighted by molar-refractivity contribution is 0.0603. The molecule has 4 rings (SSSR count). The van der Waals surface area contributed by atoms with Gasteiger partial charge in [-0.2, -0.15) is 5.10 Å². The van der Waals surface area contributed by atoms with E-state index in [4.69, 9.17) is 19.2 Å². The summed E-state index contributed by atoms with van der Waals surface area (Å²) in [6, 6.07) is 7.35. The highest BCUT2D eigenvalue weighted by molar-refractivity contribution is 6.05. The Kier molecular flexibility index (Phi) is 3.99. The third-order valence-corrected chi connectivity index (χ3v) is 4.39. The monoisotopic (exact) mass is 353 g/mol. The van der Waals surface area contributed by atoms with E-state index in [0.717, 1.165) is 29.6 Å². The van der Waals surface area contributed by atoms with Crippen LogP contribution in [0.4, 0.5) is 0 Å². The van der Waals surface area contributed by atoms with Crippen molar-refractivity contribution in [1.29, 1.82) is 0 Å². The third kappa shape index (κ3) is 2.56. The van der Waals surface area contributed by atoms with Crippen molar-refractivity contribution < 1.29 is 19.0 Å². The van der Waals surface area contributed by atoms with E-state index in [9.17, 15) is 4.79 Å². The van der Waals surface area contributed by atoms with Gasteiger partial charge in [0.1, 0.15) is 0 Å². The zero-order chi connectivity index (χ0) is 18.3. The van der Waals surface area contributed by atoms with Crippen LogP contribution in [-0.4, -0.2) is 34.6 Å². The largest absolute Gasteiger partial charge is 0.465 e. The summed E-state index contributed by atoms with van der Waals surface area (Å²) in [5, 5.41) is 5.28. The van der Waals surface area contributed by atoms with Crippen molar-refractivity contribution >= 4 is 17.0 Å². The van der Waals surface area contributed by atoms with E-state index in [1.165, 1.54) is 7.11 Å². The molecule has 0 bridgehead atoms. The van der Waals surface area contributed by atoms with Gasteiger partial charge in [0.25, 0.3) is 0 Å². The highest BCUT2D eigenvalue weighted by Gasteiger charge is 2.21. The number of hydrogen-bond donors (Lipinski definition) is 0. The molecule has 3 heterocycles. The second-order valence-corrected chi connectivity index (χ2v) is 6.12. The van der Waals surface area contributed by atoms with Crippen LogP contribution in [0.15, 0.2) is 24.3 Å². The van der Waals surface area contributed by atoms with Crippen molar-refractivity contribution in [2.45, 2.75) is 26.8 Å². The molecule has 0 spiro atoms. The molecule has 3 aromatic rings. The first-order chi connectivity index (χ1) is 12.6. The van der Waals surface area contributed by atoms with Crippen LogP contribution in [0.1, 0.15) is 29.4 Å². The quantitative estimate of drug-likeness (QED) is 0.670. The Morgan fingerprint density at radius 2 is 2.08 bits per heavy atom. The second-order valence-electron chi connectivity index (χ2n) is 6.12. The number of hydrogen-bond acceptors (Lipinski definition) is 6. The minimum absolute atomic E-state index is 0.209. The molecule has 0 fully saturated rings. The average molecular weight is 353 g/mol. The van der Waals surface area contributed by atoms with Gasteiger partial charge in [0, 0.05) is 12.1 Å². The van der Waals surface area contributed by atoms with Gasteiger partial charge < -0.3 is 14.2 Å². The van der Waals surface area contributed by atoms with E-state index in [2.05, 4.69) is 12.0 Å². The van der Waals surface area contributed by atoms with Crippen LogP contribution in [0.3, 0.4) is 0 Å². The average Bonchev–Trinajstić information content (AvgIpc) is 3.25. The summed E-state index contributed by atoms with van der Waals surface area (Å²) in [5.41, 5.74) is 3.40. The summed E-state index contributed by atoms with van der Waals surface area (Å²) in [7, 11) is 1.38. The maximum atomic E-state index is 12.4. The molecule has 0 unspecified atom stereocenters. The fraction of sp³-hybridized carbons (Fsp3) is 0.316. The van der Waals surface area contributed by atoms with E-state index >= 15 is 0 Å². The first-order valence-electron chi connectivity index (χ1n) is 8.49. The van der Waals surface area contributed by atoms with E-state index in [-0.39, 0.29) is 6.79 Å². The van der Waals surface area contributed by atoms with Gasteiger partial charge >= 0.3 is 5.97 Å². The Balaban J connectivity index is 1.95. The maximum absolute atomic E-state index is 12.4. The van der Waals surface area contributed by atoms with Crippen molar-refractivity contribution in [3.8, 4) is 22.8 Å². The molecule has 0 saturated carbocycles. The van der Waals surface area contributed by atoms with Crippen molar-refractivity contribution in [1.82, 2.24) is 14.8 Å². The van der Waals surface area contributed by atoms with Crippen LogP contribution in [-0.2, 0) is 11.3 Å². The zero-order valence-corrected chi connectivity index (χ0v) is 14.9. The number of rotatable bonds is 4. The maximum Gasteiger partial charge on any atom is 0.338 e. The van der Waals surface area contributed by atoms with Crippen LogP contribution in [0.25, 0.3) is 22.3 Å². The van der Waals surface area contributed by atoms with Crippen LogP contribution in [0, 0.1) is 6.92 Å². The molecule has 26 heavy (non-hydrogen) atoms. The Hall–Kier alpha value is -3.09. The number of carbonyl (C=O) groups is 1. The molecule has 0 radical (unpaired) electrons. The second kappa shape index (κ2) is 6.33. The molecule has 0 amide bonds. The number of pyridine rings is 1. The number of carbonyl (C=O) groups excluding carboxylic acids is 1. The van der Waals surface area contributed by atoms with Gasteiger partial charge in [-0.15, -0.1) is 0 Å². The Morgan fingerprint density at radius 3 is 2.85 bits per heavy atom. The van der Waals surface area contributed by atoms with E-state index < -0.39 is 5.97 Å². The van der Waals surface area contributed by atoms with Crippen LogP contribution < -0.4 is 9.47 Å². The van der Waals surface area contributed by atoms with Crippen molar-refractivity contribution in [3.63, 3.8) is 0 Å². The third-order valence-electron chi connectivity index (χ3n) is 4.39. The van der Waals surface area contributed by atoms with Crippen LogP contribution in [0.2, 0.25) is 0 Å². The lowest BCUT2D eigenvalue weighted by Gasteiger charge is -2.08. The molecule has 7 nitrogen and oxygen atoms in total. The molecular weight excluding hydrogens is 334 g/mol. The molecule has 1 aromatic carbocycles. The first kappa shape index (κ1) is 16.4. The number of aryl methyl sites for hydroxylation is 2. The highest BCUT2D eigenvalue weighted by atomic mass is 16.7. The van der Waals surface area contributed by atoms with Crippen molar-refractivity contribution in [2.24, 2.45) is 0 Å². The van der Waals surface area contributed by atoms with Gasteiger partial charge in [0.2, 0.25) is 6.79 Å². The van der Waals surface area contributed by atoms with Gasteiger partial charge in [-0.25, -0.2) is 14.5 Å². The molecule has 2 aromatic heterocycles. The van der Waals surface area contributed by atoms with E-state index in [1.807, 2.05) is 29.8 Å². The number of aromatic nitrogens is 3. The Bertz CT molecular complexity index is 1010. The molecule has 1 aliphatic rings. The smallest absolute Gasteiger partial charge is 0.338 e. The predicted molar refractivity (Wildman–Crippen MR) is 95.5 cm³/mol. The molecule has 1 aliphatic heterocycles. The summed E-state index contributed by atoms with van der Waals surface area (Å²) in [5.74, 6) is 0.968. The Morgan fingerprint density at radius 1 is 1.27 bits per heavy atom. The molecule has 0 atom stereocenters. The highest BCUT2D eigenvalue weighted by Crippen LogP contribution is 2.36. The number of ether oxygens (including phenoxy) is 3. The predicted octanol–water partition coefficient (Wildman–Crippen LogP) is 3.33. The molecule has 134 valence electrons. The minimum atomic E-state index is -0.404. The van der Waals surface area contributed by atoms with Gasteiger partial charge in [0.15, 0.2) is 17.1 Å². The van der Waals surface area contributed by atoms with Crippen LogP contribution in [0.5, 0.6) is 11.5 Å². The molecule has 0 saturated heterocycles. The topological polar surface area (TPSA) is 75.5 Å². The van der Waals surface area contributed by atoms with Gasteiger partial charge in [-0.3, -0.25) is 0 Å². The normalized spacial score (nSPS) is 12.6. The van der Waals surface area contributed by atoms with Crippen molar-refractivity contribution in [3.05, 3.63) is 35.5 Å². The number of nitrogens with zero attached hydrogens (tertiary/aromatic N) is 3. The van der Waals surface area contributed by atoms with Crippen LogP contribution >= 0.6 is 0 Å². The Labute approximate surface area is 150 Å². The lowest BCUT2D eigenvalue weighted by atomic mass is 10.1. The summed E-state index contributed by atoms with van der Waals surface area (Å²) in [6.45, 7) is 4.89. The number of methoxy groups -OCH3 is 1. The summed E-state index contributed by atoms with van der Waals surface area (Å²) < 4.78 is 17.6. The van der Waals surface area contributed by atoms with E-state index in [0.29, 0.717) is 28.4 Å².